The number of imidazole rings is 1. The summed E-state index contributed by atoms with van der Waals surface area (Å²) in [5.74, 6) is 1.81. The SMILES string of the molecule is CCc1nc(-c2cc(Cl)ccc2Br)c(N)n1C1CC1. The highest BCUT2D eigenvalue weighted by atomic mass is 79.9. The van der Waals surface area contributed by atoms with Crippen LogP contribution in [0.15, 0.2) is 22.7 Å². The number of rotatable bonds is 3. The quantitative estimate of drug-likeness (QED) is 0.897. The maximum absolute atomic E-state index is 6.31. The first-order valence-corrected chi connectivity index (χ1v) is 7.61. The Morgan fingerprint density at radius 3 is 2.84 bits per heavy atom. The maximum atomic E-state index is 6.31. The molecule has 5 heteroatoms. The summed E-state index contributed by atoms with van der Waals surface area (Å²) < 4.78 is 3.15. The monoisotopic (exact) mass is 339 g/mol. The number of aryl methyl sites for hydroxylation is 1. The predicted molar refractivity (Wildman–Crippen MR) is 82.4 cm³/mol. The molecule has 1 fully saturated rings. The minimum absolute atomic E-state index is 0.536. The molecular formula is C14H15BrClN3. The maximum Gasteiger partial charge on any atom is 0.132 e. The highest BCUT2D eigenvalue weighted by molar-refractivity contribution is 9.10. The fourth-order valence-corrected chi connectivity index (χ4v) is 2.97. The zero-order valence-corrected chi connectivity index (χ0v) is 13.0. The molecule has 2 N–H and O–H groups in total. The van der Waals surface area contributed by atoms with Crippen LogP contribution in [0.4, 0.5) is 5.82 Å². The number of anilines is 1. The van der Waals surface area contributed by atoms with Crippen LogP contribution in [0.2, 0.25) is 5.02 Å². The highest BCUT2D eigenvalue weighted by Crippen LogP contribution is 2.42. The number of halogens is 2. The molecule has 0 unspecified atom stereocenters. The molecule has 0 amide bonds. The topological polar surface area (TPSA) is 43.8 Å². The average Bonchev–Trinajstić information content (AvgIpc) is 3.17. The molecule has 1 saturated carbocycles. The van der Waals surface area contributed by atoms with Crippen LogP contribution in [0.3, 0.4) is 0 Å². The summed E-state index contributed by atoms with van der Waals surface area (Å²) in [6.45, 7) is 2.11. The molecule has 1 aromatic carbocycles. The lowest BCUT2D eigenvalue weighted by atomic mass is 10.1. The molecule has 19 heavy (non-hydrogen) atoms. The fraction of sp³-hybridized carbons (Fsp3) is 0.357. The second-order valence-electron chi connectivity index (χ2n) is 4.84. The van der Waals surface area contributed by atoms with Gasteiger partial charge in [-0.15, -0.1) is 0 Å². The first-order valence-electron chi connectivity index (χ1n) is 6.43. The lowest BCUT2D eigenvalue weighted by molar-refractivity contribution is 0.696. The first-order chi connectivity index (χ1) is 9.11. The molecule has 0 bridgehead atoms. The second-order valence-corrected chi connectivity index (χ2v) is 6.13. The van der Waals surface area contributed by atoms with Gasteiger partial charge in [-0.2, -0.15) is 0 Å². The number of hydrogen-bond acceptors (Lipinski definition) is 2. The third kappa shape index (κ3) is 2.28. The van der Waals surface area contributed by atoms with Crippen molar-refractivity contribution in [2.24, 2.45) is 0 Å². The van der Waals surface area contributed by atoms with Gasteiger partial charge in [0.25, 0.3) is 0 Å². The molecule has 3 rings (SSSR count). The predicted octanol–water partition coefficient (Wildman–Crippen LogP) is 4.45. The van der Waals surface area contributed by atoms with Crippen LogP contribution in [-0.4, -0.2) is 9.55 Å². The Bertz CT molecular complexity index is 632. The van der Waals surface area contributed by atoms with Crippen LogP contribution in [0.5, 0.6) is 0 Å². The molecule has 1 heterocycles. The standard InChI is InChI=1S/C14H15BrClN3/c1-2-12-18-13(14(17)19(12)9-4-5-9)10-7-8(16)3-6-11(10)15/h3,6-7,9H,2,4-5,17H2,1H3. The van der Waals surface area contributed by atoms with Gasteiger partial charge in [-0.1, -0.05) is 34.5 Å². The lowest BCUT2D eigenvalue weighted by Crippen LogP contribution is -2.04. The van der Waals surface area contributed by atoms with Crippen molar-refractivity contribution in [3.05, 3.63) is 33.5 Å². The fourth-order valence-electron chi connectivity index (χ4n) is 2.36. The molecule has 1 aromatic heterocycles. The lowest BCUT2D eigenvalue weighted by Gasteiger charge is -2.07. The van der Waals surface area contributed by atoms with E-state index in [2.05, 4.69) is 27.4 Å². The highest BCUT2D eigenvalue weighted by Gasteiger charge is 2.29. The van der Waals surface area contributed by atoms with Crippen molar-refractivity contribution in [1.82, 2.24) is 9.55 Å². The average molecular weight is 341 g/mol. The summed E-state index contributed by atoms with van der Waals surface area (Å²) in [6.07, 6.45) is 3.28. The van der Waals surface area contributed by atoms with Crippen molar-refractivity contribution >= 4 is 33.3 Å². The summed E-state index contributed by atoms with van der Waals surface area (Å²) in [6, 6.07) is 6.22. The van der Waals surface area contributed by atoms with E-state index in [1.54, 1.807) is 0 Å². The largest absolute Gasteiger partial charge is 0.383 e. The molecule has 0 radical (unpaired) electrons. The van der Waals surface area contributed by atoms with E-state index in [0.29, 0.717) is 11.1 Å². The van der Waals surface area contributed by atoms with E-state index < -0.39 is 0 Å². The third-order valence-corrected chi connectivity index (χ3v) is 4.36. The van der Waals surface area contributed by atoms with E-state index in [-0.39, 0.29) is 0 Å². The first kappa shape index (κ1) is 13.0. The van der Waals surface area contributed by atoms with Crippen molar-refractivity contribution < 1.29 is 0 Å². The minimum Gasteiger partial charge on any atom is -0.383 e. The summed E-state index contributed by atoms with van der Waals surface area (Å²) in [4.78, 5) is 4.71. The smallest absolute Gasteiger partial charge is 0.132 e. The van der Waals surface area contributed by atoms with Crippen LogP contribution in [-0.2, 0) is 6.42 Å². The number of aromatic nitrogens is 2. The van der Waals surface area contributed by atoms with Crippen molar-refractivity contribution in [1.29, 1.82) is 0 Å². The van der Waals surface area contributed by atoms with Gasteiger partial charge in [0, 0.05) is 27.5 Å². The molecule has 1 aliphatic carbocycles. The molecule has 2 aromatic rings. The Kier molecular flexibility index (Phi) is 3.31. The van der Waals surface area contributed by atoms with Gasteiger partial charge in [-0.05, 0) is 31.0 Å². The van der Waals surface area contributed by atoms with Crippen molar-refractivity contribution in [3.63, 3.8) is 0 Å². The van der Waals surface area contributed by atoms with Gasteiger partial charge in [0.2, 0.25) is 0 Å². The van der Waals surface area contributed by atoms with Crippen LogP contribution >= 0.6 is 27.5 Å². The van der Waals surface area contributed by atoms with E-state index in [4.69, 9.17) is 22.3 Å². The van der Waals surface area contributed by atoms with Crippen LogP contribution in [0.1, 0.15) is 31.6 Å². The summed E-state index contributed by atoms with van der Waals surface area (Å²) >= 11 is 9.62. The number of hydrogen-bond donors (Lipinski definition) is 1. The third-order valence-electron chi connectivity index (χ3n) is 3.43. The molecular weight excluding hydrogens is 326 g/mol. The zero-order valence-electron chi connectivity index (χ0n) is 10.7. The Labute approximate surface area is 125 Å². The summed E-state index contributed by atoms with van der Waals surface area (Å²) in [5.41, 5.74) is 8.10. The second kappa shape index (κ2) is 4.84. The molecule has 0 saturated heterocycles. The zero-order chi connectivity index (χ0) is 13.6. The van der Waals surface area contributed by atoms with Gasteiger partial charge in [-0.3, -0.25) is 0 Å². The van der Waals surface area contributed by atoms with Crippen LogP contribution in [0, 0.1) is 0 Å². The molecule has 1 aliphatic rings. The normalized spacial score (nSPS) is 14.9. The van der Waals surface area contributed by atoms with Gasteiger partial charge in [0.15, 0.2) is 0 Å². The Hall–Kier alpha value is -1.00. The Morgan fingerprint density at radius 2 is 2.21 bits per heavy atom. The van der Waals surface area contributed by atoms with Gasteiger partial charge < -0.3 is 10.3 Å². The van der Waals surface area contributed by atoms with Gasteiger partial charge >= 0.3 is 0 Å². The van der Waals surface area contributed by atoms with Gasteiger partial charge in [-0.25, -0.2) is 4.98 Å². The Balaban J connectivity index is 2.17. The Morgan fingerprint density at radius 1 is 1.47 bits per heavy atom. The van der Waals surface area contributed by atoms with Crippen molar-refractivity contribution in [2.45, 2.75) is 32.2 Å². The molecule has 0 aliphatic heterocycles. The number of nitrogen functional groups attached to an aromatic ring is 1. The van der Waals surface area contributed by atoms with E-state index in [9.17, 15) is 0 Å². The molecule has 3 nitrogen and oxygen atoms in total. The van der Waals surface area contributed by atoms with E-state index in [1.165, 1.54) is 12.8 Å². The van der Waals surface area contributed by atoms with Crippen LogP contribution < -0.4 is 5.73 Å². The summed E-state index contributed by atoms with van der Waals surface area (Å²) in [7, 11) is 0. The van der Waals surface area contributed by atoms with E-state index in [0.717, 1.165) is 33.8 Å². The molecule has 100 valence electrons. The van der Waals surface area contributed by atoms with Crippen molar-refractivity contribution in [2.75, 3.05) is 5.73 Å². The van der Waals surface area contributed by atoms with E-state index in [1.807, 2.05) is 18.2 Å². The van der Waals surface area contributed by atoms with E-state index >= 15 is 0 Å². The van der Waals surface area contributed by atoms with Gasteiger partial charge in [0.05, 0.1) is 0 Å². The van der Waals surface area contributed by atoms with Crippen molar-refractivity contribution in [3.8, 4) is 11.3 Å². The number of nitrogens with zero attached hydrogens (tertiary/aromatic N) is 2. The summed E-state index contributed by atoms with van der Waals surface area (Å²) in [5, 5.41) is 0.691. The number of benzene rings is 1. The minimum atomic E-state index is 0.536. The molecule has 0 spiro atoms. The van der Waals surface area contributed by atoms with Gasteiger partial charge in [0.1, 0.15) is 17.3 Å². The molecule has 0 atom stereocenters. The number of nitrogens with two attached hydrogens (primary N) is 1. The van der Waals surface area contributed by atoms with Crippen LogP contribution in [0.25, 0.3) is 11.3 Å².